The minimum absolute atomic E-state index is 0.0144. The Bertz CT molecular complexity index is 327. The minimum atomic E-state index is -0.763. The van der Waals surface area contributed by atoms with Crippen LogP contribution in [-0.2, 0) is 9.53 Å². The number of urea groups is 1. The van der Waals surface area contributed by atoms with Crippen LogP contribution in [0, 0.1) is 11.8 Å². The molecular formula is C14H26N2O4. The highest BCUT2D eigenvalue weighted by molar-refractivity contribution is 5.75. The first-order valence-electron chi connectivity index (χ1n) is 7.27. The normalized spacial score (nSPS) is 19.4. The Hall–Kier alpha value is -1.30. The van der Waals surface area contributed by atoms with Gasteiger partial charge in [-0.2, -0.15) is 0 Å². The van der Waals surface area contributed by atoms with E-state index in [1.807, 2.05) is 0 Å². The van der Waals surface area contributed by atoms with Gasteiger partial charge in [-0.3, -0.25) is 4.79 Å². The van der Waals surface area contributed by atoms with E-state index in [0.29, 0.717) is 38.4 Å². The van der Waals surface area contributed by atoms with Gasteiger partial charge in [0.05, 0.1) is 12.0 Å². The molecule has 0 radical (unpaired) electrons. The van der Waals surface area contributed by atoms with Gasteiger partial charge >= 0.3 is 12.0 Å². The predicted molar refractivity (Wildman–Crippen MR) is 75.6 cm³/mol. The monoisotopic (exact) mass is 286 g/mol. The number of ether oxygens (including phenoxy) is 1. The maximum absolute atomic E-state index is 12.0. The van der Waals surface area contributed by atoms with Crippen LogP contribution in [0.1, 0.15) is 33.1 Å². The van der Waals surface area contributed by atoms with Gasteiger partial charge in [0.1, 0.15) is 0 Å². The van der Waals surface area contributed by atoms with Crippen molar-refractivity contribution < 1.29 is 19.4 Å². The Morgan fingerprint density at radius 3 is 2.45 bits per heavy atom. The molecular weight excluding hydrogens is 260 g/mol. The van der Waals surface area contributed by atoms with Crippen LogP contribution in [0.4, 0.5) is 4.79 Å². The number of hydrogen-bond acceptors (Lipinski definition) is 3. The summed E-state index contributed by atoms with van der Waals surface area (Å²) in [5.74, 6) is -0.690. The third kappa shape index (κ3) is 4.67. The van der Waals surface area contributed by atoms with Gasteiger partial charge in [-0.15, -0.1) is 0 Å². The van der Waals surface area contributed by atoms with E-state index in [1.165, 1.54) is 0 Å². The van der Waals surface area contributed by atoms with Crippen molar-refractivity contribution in [1.82, 2.24) is 10.2 Å². The summed E-state index contributed by atoms with van der Waals surface area (Å²) < 4.78 is 5.38. The molecule has 1 heterocycles. The van der Waals surface area contributed by atoms with Crippen molar-refractivity contribution in [3.05, 3.63) is 0 Å². The topological polar surface area (TPSA) is 78.9 Å². The summed E-state index contributed by atoms with van der Waals surface area (Å²) in [5, 5.41) is 11.8. The number of carbonyl (C=O) groups excluding carboxylic acids is 1. The molecule has 0 saturated carbocycles. The zero-order chi connectivity index (χ0) is 15.1. The average molecular weight is 286 g/mol. The predicted octanol–water partition coefficient (Wildman–Crippen LogP) is 1.55. The Kier molecular flexibility index (Phi) is 6.78. The molecule has 1 saturated heterocycles. The number of amides is 2. The zero-order valence-corrected chi connectivity index (χ0v) is 12.6. The summed E-state index contributed by atoms with van der Waals surface area (Å²) in [6, 6.07) is -0.126. The molecule has 6 heteroatoms. The van der Waals surface area contributed by atoms with Gasteiger partial charge in [-0.25, -0.2) is 4.79 Å². The van der Waals surface area contributed by atoms with Crippen LogP contribution in [0.3, 0.4) is 0 Å². The first-order valence-corrected chi connectivity index (χ1v) is 7.27. The number of carboxylic acid groups (broad SMARTS) is 1. The van der Waals surface area contributed by atoms with Gasteiger partial charge in [0.15, 0.2) is 0 Å². The quantitative estimate of drug-likeness (QED) is 0.776. The van der Waals surface area contributed by atoms with E-state index in [2.05, 4.69) is 19.2 Å². The molecule has 2 N–H and O–H groups in total. The number of carboxylic acids is 1. The summed E-state index contributed by atoms with van der Waals surface area (Å²) >= 11 is 0. The second-order valence-corrected chi connectivity index (χ2v) is 5.45. The highest BCUT2D eigenvalue weighted by Crippen LogP contribution is 2.17. The lowest BCUT2D eigenvalue weighted by atomic mass is 9.97. The molecule has 2 unspecified atom stereocenters. The number of piperidine rings is 1. The number of aliphatic carboxylic acids is 1. The van der Waals surface area contributed by atoms with E-state index in [9.17, 15) is 9.59 Å². The highest BCUT2D eigenvalue weighted by atomic mass is 16.5. The molecule has 2 atom stereocenters. The Balaban J connectivity index is 2.35. The van der Waals surface area contributed by atoms with E-state index in [1.54, 1.807) is 12.0 Å². The maximum atomic E-state index is 12.0. The van der Waals surface area contributed by atoms with Crippen LogP contribution in [0.15, 0.2) is 0 Å². The molecule has 6 nitrogen and oxygen atoms in total. The van der Waals surface area contributed by atoms with Crippen molar-refractivity contribution >= 4 is 12.0 Å². The number of hydrogen-bond donors (Lipinski definition) is 2. The fourth-order valence-electron chi connectivity index (χ4n) is 2.41. The smallest absolute Gasteiger partial charge is 0.317 e. The average Bonchev–Trinajstić information content (AvgIpc) is 2.47. The second-order valence-electron chi connectivity index (χ2n) is 5.45. The largest absolute Gasteiger partial charge is 0.481 e. The van der Waals surface area contributed by atoms with Crippen molar-refractivity contribution in [2.75, 3.05) is 26.7 Å². The van der Waals surface area contributed by atoms with Crippen LogP contribution in [0.2, 0.25) is 0 Å². The lowest BCUT2D eigenvalue weighted by Crippen LogP contribution is -2.48. The number of nitrogens with one attached hydrogen (secondary N) is 1. The van der Waals surface area contributed by atoms with Gasteiger partial charge in [-0.1, -0.05) is 20.3 Å². The molecule has 1 aliphatic rings. The van der Waals surface area contributed by atoms with E-state index in [4.69, 9.17) is 9.84 Å². The maximum Gasteiger partial charge on any atom is 0.317 e. The first kappa shape index (κ1) is 16.8. The zero-order valence-electron chi connectivity index (χ0n) is 12.6. The summed E-state index contributed by atoms with van der Waals surface area (Å²) in [4.78, 5) is 24.6. The van der Waals surface area contributed by atoms with Gasteiger partial charge in [-0.05, 0) is 18.8 Å². The van der Waals surface area contributed by atoms with Crippen molar-refractivity contribution in [2.45, 2.75) is 39.2 Å². The molecule has 0 aromatic rings. The Morgan fingerprint density at radius 2 is 2.00 bits per heavy atom. The van der Waals surface area contributed by atoms with Crippen molar-refractivity contribution in [1.29, 1.82) is 0 Å². The van der Waals surface area contributed by atoms with E-state index >= 15 is 0 Å². The molecule has 116 valence electrons. The van der Waals surface area contributed by atoms with E-state index in [0.717, 1.165) is 6.42 Å². The van der Waals surface area contributed by atoms with Crippen LogP contribution < -0.4 is 5.32 Å². The molecule has 0 aromatic carbocycles. The second kappa shape index (κ2) is 8.09. The highest BCUT2D eigenvalue weighted by Gasteiger charge is 2.27. The van der Waals surface area contributed by atoms with Gasteiger partial charge < -0.3 is 20.1 Å². The van der Waals surface area contributed by atoms with Crippen molar-refractivity contribution in [3.8, 4) is 0 Å². The minimum Gasteiger partial charge on any atom is -0.481 e. The molecule has 0 bridgehead atoms. The van der Waals surface area contributed by atoms with Gasteiger partial charge in [0.25, 0.3) is 0 Å². The fourth-order valence-corrected chi connectivity index (χ4v) is 2.41. The molecule has 1 rings (SSSR count). The van der Waals surface area contributed by atoms with Gasteiger partial charge in [0.2, 0.25) is 0 Å². The lowest BCUT2D eigenvalue weighted by molar-refractivity contribution is -0.143. The third-order valence-electron chi connectivity index (χ3n) is 4.17. The molecule has 0 spiro atoms. The standard InChI is InChI=1S/C14H26N2O4/c1-4-10(2)12(20-3)9-15-14(19)16-7-5-11(6-8-16)13(17)18/h10-12H,4-9H2,1-3H3,(H,15,19)(H,17,18). The molecule has 1 fully saturated rings. The Labute approximate surface area is 120 Å². The van der Waals surface area contributed by atoms with Crippen molar-refractivity contribution in [2.24, 2.45) is 11.8 Å². The first-order chi connectivity index (χ1) is 9.49. The third-order valence-corrected chi connectivity index (χ3v) is 4.17. The van der Waals surface area contributed by atoms with Crippen LogP contribution in [-0.4, -0.2) is 54.9 Å². The summed E-state index contributed by atoms with van der Waals surface area (Å²) in [7, 11) is 1.65. The number of carbonyl (C=O) groups is 2. The molecule has 1 aliphatic heterocycles. The van der Waals surface area contributed by atoms with Crippen LogP contribution >= 0.6 is 0 Å². The Morgan fingerprint density at radius 1 is 1.40 bits per heavy atom. The summed E-state index contributed by atoms with van der Waals surface area (Å²) in [6.45, 7) is 5.69. The fraction of sp³-hybridized carbons (Fsp3) is 0.857. The van der Waals surface area contributed by atoms with Crippen LogP contribution in [0.25, 0.3) is 0 Å². The van der Waals surface area contributed by atoms with Crippen molar-refractivity contribution in [3.63, 3.8) is 0 Å². The molecule has 20 heavy (non-hydrogen) atoms. The number of nitrogens with zero attached hydrogens (tertiary/aromatic N) is 1. The molecule has 2 amide bonds. The number of likely N-dealkylation sites (tertiary alicyclic amines) is 1. The molecule has 0 aromatic heterocycles. The van der Waals surface area contributed by atoms with E-state index < -0.39 is 5.97 Å². The molecule has 0 aliphatic carbocycles. The number of methoxy groups -OCH3 is 1. The lowest BCUT2D eigenvalue weighted by Gasteiger charge is -2.31. The van der Waals surface area contributed by atoms with Crippen LogP contribution in [0.5, 0.6) is 0 Å². The summed E-state index contributed by atoms with van der Waals surface area (Å²) in [5.41, 5.74) is 0. The summed E-state index contributed by atoms with van der Waals surface area (Å²) in [6.07, 6.45) is 2.07. The number of rotatable bonds is 6. The SMILES string of the molecule is CCC(C)C(CNC(=O)N1CCC(C(=O)O)CC1)OC. The van der Waals surface area contributed by atoms with Gasteiger partial charge in [0, 0.05) is 26.7 Å². The van der Waals surface area contributed by atoms with E-state index in [-0.39, 0.29) is 18.1 Å².